The molecule has 1 atom stereocenters. The molecule has 1 fully saturated rings. The van der Waals surface area contributed by atoms with Crippen molar-refractivity contribution in [1.29, 1.82) is 0 Å². The smallest absolute Gasteiger partial charge is 0.229 e. The Balaban J connectivity index is 1.70. The molecule has 1 aliphatic heterocycles. The SMILES string of the molecule is Cc1ccc(N2C[C@@H](C(=O)Nc3ccc(Br)cc3Cl)CC2=O)cc1. The lowest BCUT2D eigenvalue weighted by Gasteiger charge is -2.17. The van der Waals surface area contributed by atoms with E-state index in [0.29, 0.717) is 17.3 Å². The minimum atomic E-state index is -0.390. The minimum Gasteiger partial charge on any atom is -0.324 e. The fourth-order valence-corrected chi connectivity index (χ4v) is 3.40. The summed E-state index contributed by atoms with van der Waals surface area (Å²) in [6.07, 6.45) is 0.202. The second-order valence-electron chi connectivity index (χ2n) is 5.85. The van der Waals surface area contributed by atoms with Crippen LogP contribution < -0.4 is 10.2 Å². The first kappa shape index (κ1) is 17.0. The Morgan fingerprint density at radius 3 is 2.62 bits per heavy atom. The molecule has 1 heterocycles. The predicted octanol–water partition coefficient (Wildman–Crippen LogP) is 4.40. The van der Waals surface area contributed by atoms with Gasteiger partial charge in [-0.1, -0.05) is 45.2 Å². The van der Waals surface area contributed by atoms with E-state index in [1.807, 2.05) is 31.2 Å². The molecule has 0 aliphatic carbocycles. The summed E-state index contributed by atoms with van der Waals surface area (Å²) < 4.78 is 0.840. The third kappa shape index (κ3) is 3.62. The molecule has 124 valence electrons. The third-order valence-electron chi connectivity index (χ3n) is 4.03. The molecule has 1 saturated heterocycles. The van der Waals surface area contributed by atoms with Crippen LogP contribution in [0.2, 0.25) is 5.02 Å². The number of hydrogen-bond acceptors (Lipinski definition) is 2. The molecule has 6 heteroatoms. The number of aryl methyl sites for hydroxylation is 1. The van der Waals surface area contributed by atoms with E-state index >= 15 is 0 Å². The lowest BCUT2D eigenvalue weighted by atomic mass is 10.1. The zero-order valence-corrected chi connectivity index (χ0v) is 15.4. The molecule has 4 nitrogen and oxygen atoms in total. The number of halogens is 2. The van der Waals surface area contributed by atoms with Crippen LogP contribution in [0.4, 0.5) is 11.4 Å². The van der Waals surface area contributed by atoms with Gasteiger partial charge in [-0.2, -0.15) is 0 Å². The van der Waals surface area contributed by atoms with Gasteiger partial charge in [0.2, 0.25) is 11.8 Å². The van der Waals surface area contributed by atoms with Crippen LogP contribution in [-0.2, 0) is 9.59 Å². The Bertz CT molecular complexity index is 792. The number of hydrogen-bond donors (Lipinski definition) is 1. The maximum atomic E-state index is 12.5. The van der Waals surface area contributed by atoms with Crippen molar-refractivity contribution in [2.24, 2.45) is 5.92 Å². The highest BCUT2D eigenvalue weighted by Gasteiger charge is 2.35. The van der Waals surface area contributed by atoms with Crippen LogP contribution in [0.3, 0.4) is 0 Å². The minimum absolute atomic E-state index is 0.0408. The van der Waals surface area contributed by atoms with Gasteiger partial charge in [0.05, 0.1) is 16.6 Å². The first-order valence-electron chi connectivity index (χ1n) is 7.57. The Kier molecular flexibility index (Phi) is 4.92. The van der Waals surface area contributed by atoms with Crippen molar-refractivity contribution in [3.05, 3.63) is 57.5 Å². The molecule has 24 heavy (non-hydrogen) atoms. The van der Waals surface area contributed by atoms with Gasteiger partial charge in [-0.3, -0.25) is 9.59 Å². The van der Waals surface area contributed by atoms with E-state index < -0.39 is 5.92 Å². The number of amides is 2. The standard InChI is InChI=1S/C18H16BrClN2O2/c1-11-2-5-14(6-3-11)22-10-12(8-17(22)23)18(24)21-16-7-4-13(19)9-15(16)20/h2-7,9,12H,8,10H2,1H3,(H,21,24)/t12-/m0/s1. The Labute approximate surface area is 153 Å². The van der Waals surface area contributed by atoms with E-state index in [1.54, 1.807) is 23.1 Å². The summed E-state index contributed by atoms with van der Waals surface area (Å²) in [5.74, 6) is -0.624. The largest absolute Gasteiger partial charge is 0.324 e. The van der Waals surface area contributed by atoms with Gasteiger partial charge in [0.1, 0.15) is 0 Å². The van der Waals surface area contributed by atoms with E-state index in [1.165, 1.54) is 0 Å². The molecule has 2 aromatic rings. The van der Waals surface area contributed by atoms with Crippen LogP contribution in [0.1, 0.15) is 12.0 Å². The zero-order valence-electron chi connectivity index (χ0n) is 13.1. The average Bonchev–Trinajstić information content (AvgIpc) is 2.93. The van der Waals surface area contributed by atoms with Gasteiger partial charge in [0.15, 0.2) is 0 Å². The Hall–Kier alpha value is -1.85. The highest BCUT2D eigenvalue weighted by atomic mass is 79.9. The molecular formula is C18H16BrClN2O2. The van der Waals surface area contributed by atoms with Crippen molar-refractivity contribution in [2.75, 3.05) is 16.8 Å². The van der Waals surface area contributed by atoms with Crippen LogP contribution in [0, 0.1) is 12.8 Å². The first-order chi connectivity index (χ1) is 11.4. The molecule has 0 aromatic heterocycles. The van der Waals surface area contributed by atoms with Gasteiger partial charge in [-0.15, -0.1) is 0 Å². The van der Waals surface area contributed by atoms with Gasteiger partial charge < -0.3 is 10.2 Å². The van der Waals surface area contributed by atoms with Gasteiger partial charge in [-0.25, -0.2) is 0 Å². The highest BCUT2D eigenvalue weighted by Crippen LogP contribution is 2.29. The Morgan fingerprint density at radius 1 is 1.25 bits per heavy atom. The number of anilines is 2. The fraction of sp³-hybridized carbons (Fsp3) is 0.222. The molecular weight excluding hydrogens is 392 g/mol. The zero-order chi connectivity index (χ0) is 17.3. The van der Waals surface area contributed by atoms with Crippen LogP contribution in [0.5, 0.6) is 0 Å². The van der Waals surface area contributed by atoms with E-state index in [9.17, 15) is 9.59 Å². The summed E-state index contributed by atoms with van der Waals surface area (Å²) in [5.41, 5.74) is 2.50. The lowest BCUT2D eigenvalue weighted by Crippen LogP contribution is -2.28. The summed E-state index contributed by atoms with van der Waals surface area (Å²) in [6, 6.07) is 13.0. The quantitative estimate of drug-likeness (QED) is 0.819. The normalized spacial score (nSPS) is 17.2. The molecule has 3 rings (SSSR count). The molecule has 0 bridgehead atoms. The second kappa shape index (κ2) is 6.95. The predicted molar refractivity (Wildman–Crippen MR) is 99.4 cm³/mol. The van der Waals surface area contributed by atoms with E-state index in [-0.39, 0.29) is 18.2 Å². The number of rotatable bonds is 3. The van der Waals surface area contributed by atoms with Crippen molar-refractivity contribution < 1.29 is 9.59 Å². The summed E-state index contributed by atoms with van der Waals surface area (Å²) >= 11 is 9.45. The van der Waals surface area contributed by atoms with Crippen molar-refractivity contribution in [2.45, 2.75) is 13.3 Å². The number of benzene rings is 2. The summed E-state index contributed by atoms with van der Waals surface area (Å²) in [5, 5.41) is 3.27. The number of carbonyl (C=O) groups is 2. The summed E-state index contributed by atoms with van der Waals surface area (Å²) in [6.45, 7) is 2.37. The first-order valence-corrected chi connectivity index (χ1v) is 8.74. The van der Waals surface area contributed by atoms with Crippen LogP contribution in [-0.4, -0.2) is 18.4 Å². The summed E-state index contributed by atoms with van der Waals surface area (Å²) in [4.78, 5) is 26.4. The van der Waals surface area contributed by atoms with E-state index in [2.05, 4.69) is 21.2 Å². The highest BCUT2D eigenvalue weighted by molar-refractivity contribution is 9.10. The van der Waals surface area contributed by atoms with Crippen LogP contribution >= 0.6 is 27.5 Å². The van der Waals surface area contributed by atoms with Crippen LogP contribution in [0.15, 0.2) is 46.9 Å². The average molecular weight is 408 g/mol. The van der Waals surface area contributed by atoms with Crippen molar-refractivity contribution in [1.82, 2.24) is 0 Å². The Morgan fingerprint density at radius 2 is 1.96 bits per heavy atom. The van der Waals surface area contributed by atoms with Gasteiger partial charge in [-0.05, 0) is 37.3 Å². The monoisotopic (exact) mass is 406 g/mol. The third-order valence-corrected chi connectivity index (χ3v) is 4.84. The van der Waals surface area contributed by atoms with Crippen molar-refractivity contribution in [3.8, 4) is 0 Å². The molecule has 0 radical (unpaired) electrons. The molecule has 1 N–H and O–H groups in total. The van der Waals surface area contributed by atoms with Gasteiger partial charge in [0, 0.05) is 23.1 Å². The fourth-order valence-electron chi connectivity index (χ4n) is 2.68. The molecule has 2 aromatic carbocycles. The van der Waals surface area contributed by atoms with Gasteiger partial charge in [0.25, 0.3) is 0 Å². The molecule has 0 unspecified atom stereocenters. The number of carbonyl (C=O) groups excluding carboxylic acids is 2. The maximum absolute atomic E-state index is 12.5. The van der Waals surface area contributed by atoms with E-state index in [0.717, 1.165) is 15.7 Å². The van der Waals surface area contributed by atoms with Crippen molar-refractivity contribution in [3.63, 3.8) is 0 Å². The number of nitrogens with zero attached hydrogens (tertiary/aromatic N) is 1. The number of nitrogens with one attached hydrogen (secondary N) is 1. The second-order valence-corrected chi connectivity index (χ2v) is 7.18. The van der Waals surface area contributed by atoms with E-state index in [4.69, 9.17) is 11.6 Å². The maximum Gasteiger partial charge on any atom is 0.229 e. The molecule has 2 amide bonds. The summed E-state index contributed by atoms with van der Waals surface area (Å²) in [7, 11) is 0. The topological polar surface area (TPSA) is 49.4 Å². The molecule has 0 spiro atoms. The molecule has 1 aliphatic rings. The molecule has 0 saturated carbocycles. The van der Waals surface area contributed by atoms with Crippen molar-refractivity contribution >= 4 is 50.7 Å². The lowest BCUT2D eigenvalue weighted by molar-refractivity contribution is -0.122. The van der Waals surface area contributed by atoms with Crippen LogP contribution in [0.25, 0.3) is 0 Å². The van der Waals surface area contributed by atoms with Gasteiger partial charge >= 0.3 is 0 Å².